The zero-order chi connectivity index (χ0) is 24.5. The molecule has 3 heterocycles. The Hall–Kier alpha value is -3.97. The van der Waals surface area contributed by atoms with Gasteiger partial charge in [0.2, 0.25) is 11.1 Å². The molecule has 2 aromatic carbocycles. The number of rotatable bonds is 6. The Bertz CT molecular complexity index is 1710. The number of nitrogens with zero attached hydrogens (tertiary/aromatic N) is 4. The van der Waals surface area contributed by atoms with E-state index in [0.717, 1.165) is 37.8 Å². The summed E-state index contributed by atoms with van der Waals surface area (Å²) >= 11 is 4.51. The smallest absolute Gasteiger partial charge is 0.334 e. The van der Waals surface area contributed by atoms with Crippen molar-refractivity contribution < 1.29 is 9.53 Å². The Morgan fingerprint density at radius 1 is 1.14 bits per heavy atom. The van der Waals surface area contributed by atoms with Gasteiger partial charge >= 0.3 is 5.69 Å². The molecule has 0 aliphatic heterocycles. The van der Waals surface area contributed by atoms with E-state index in [1.807, 2.05) is 18.2 Å². The number of anilines is 1. The third-order valence-corrected chi connectivity index (χ3v) is 6.36. The fraction of sp³-hybridized carbons (Fsp3) is 0.0909. The molecule has 35 heavy (non-hydrogen) atoms. The van der Waals surface area contributed by atoms with Crippen LogP contribution in [-0.4, -0.2) is 48.5 Å². The minimum Gasteiger partial charge on any atom is -0.495 e. The number of nitrogens with one attached hydrogen (secondary N) is 3. The summed E-state index contributed by atoms with van der Waals surface area (Å²) in [6.45, 7) is 0. The molecule has 0 saturated carbocycles. The SMILES string of the molecule is COc1ccccc1-n1c(NC(=O)CSc2nnc3c(n2)[nH]c2ccc(Br)cc23)cc(=O)[nH]c1=O. The van der Waals surface area contributed by atoms with Gasteiger partial charge in [-0.1, -0.05) is 39.8 Å². The van der Waals surface area contributed by atoms with Crippen LogP contribution < -0.4 is 21.3 Å². The molecule has 176 valence electrons. The molecule has 5 rings (SSSR count). The van der Waals surface area contributed by atoms with Crippen LogP contribution in [0.3, 0.4) is 0 Å². The van der Waals surface area contributed by atoms with Crippen LogP contribution in [0.2, 0.25) is 0 Å². The Morgan fingerprint density at radius 2 is 1.97 bits per heavy atom. The number of hydrogen-bond acceptors (Lipinski definition) is 8. The molecule has 0 radical (unpaired) electrons. The van der Waals surface area contributed by atoms with Crippen LogP contribution in [0, 0.1) is 0 Å². The molecule has 3 N–H and O–H groups in total. The Balaban J connectivity index is 1.38. The maximum atomic E-state index is 12.7. The second-order valence-corrected chi connectivity index (χ2v) is 9.13. The van der Waals surface area contributed by atoms with E-state index in [2.05, 4.69) is 46.4 Å². The summed E-state index contributed by atoms with van der Waals surface area (Å²) in [5, 5.41) is 12.2. The summed E-state index contributed by atoms with van der Waals surface area (Å²) in [4.78, 5) is 47.0. The van der Waals surface area contributed by atoms with Gasteiger partial charge in [-0.25, -0.2) is 14.3 Å². The van der Waals surface area contributed by atoms with Crippen LogP contribution in [0.15, 0.2) is 67.7 Å². The standard InChI is InChI=1S/C22H16BrN7O4S/c1-34-15-5-3-2-4-14(15)30-16(9-17(31)26-22(30)33)25-18(32)10-35-21-27-20-19(28-29-21)12-8-11(23)6-7-13(12)24-20/h2-9H,10H2,1H3,(H,25,32)(H,24,27,29)(H,26,31,33). The number of methoxy groups -OCH3 is 1. The predicted molar refractivity (Wildman–Crippen MR) is 135 cm³/mol. The molecular formula is C22H16BrN7O4S. The molecule has 11 nitrogen and oxygen atoms in total. The topological polar surface area (TPSA) is 148 Å². The number of H-pyrrole nitrogens is 2. The highest BCUT2D eigenvalue weighted by Gasteiger charge is 2.16. The lowest BCUT2D eigenvalue weighted by Gasteiger charge is -2.15. The summed E-state index contributed by atoms with van der Waals surface area (Å²) < 4.78 is 7.39. The summed E-state index contributed by atoms with van der Waals surface area (Å²) in [5.41, 5.74) is 1.05. The maximum absolute atomic E-state index is 12.7. The Morgan fingerprint density at radius 3 is 2.80 bits per heavy atom. The number of aromatic amines is 2. The van der Waals surface area contributed by atoms with Gasteiger partial charge in [0, 0.05) is 21.4 Å². The zero-order valence-corrected chi connectivity index (χ0v) is 20.4. The number of carbonyl (C=O) groups is 1. The number of aromatic nitrogens is 6. The normalized spacial score (nSPS) is 11.1. The van der Waals surface area contributed by atoms with E-state index in [-0.39, 0.29) is 11.6 Å². The van der Waals surface area contributed by atoms with E-state index in [1.54, 1.807) is 24.3 Å². The molecule has 0 spiro atoms. The lowest BCUT2D eigenvalue weighted by molar-refractivity contribution is -0.113. The minimum absolute atomic E-state index is 0.00420. The third-order valence-electron chi connectivity index (χ3n) is 5.02. The van der Waals surface area contributed by atoms with Gasteiger partial charge in [-0.2, -0.15) is 0 Å². The van der Waals surface area contributed by atoms with Crippen molar-refractivity contribution in [2.24, 2.45) is 0 Å². The summed E-state index contributed by atoms with van der Waals surface area (Å²) in [6, 6.07) is 13.6. The van der Waals surface area contributed by atoms with Gasteiger partial charge in [-0.15, -0.1) is 10.2 Å². The number of carbonyl (C=O) groups excluding carboxylic acids is 1. The van der Waals surface area contributed by atoms with Crippen LogP contribution in [0.5, 0.6) is 5.75 Å². The van der Waals surface area contributed by atoms with E-state index >= 15 is 0 Å². The number of benzene rings is 2. The second-order valence-electron chi connectivity index (χ2n) is 7.27. The van der Waals surface area contributed by atoms with Gasteiger partial charge in [0.15, 0.2) is 5.65 Å². The van der Waals surface area contributed by atoms with Crippen LogP contribution in [-0.2, 0) is 4.79 Å². The van der Waals surface area contributed by atoms with Gasteiger partial charge in [-0.3, -0.25) is 14.6 Å². The van der Waals surface area contributed by atoms with Gasteiger partial charge in [0.25, 0.3) is 5.56 Å². The van der Waals surface area contributed by atoms with Crippen molar-refractivity contribution in [3.63, 3.8) is 0 Å². The lowest BCUT2D eigenvalue weighted by atomic mass is 10.2. The van der Waals surface area contributed by atoms with Crippen molar-refractivity contribution in [3.8, 4) is 11.4 Å². The number of para-hydroxylation sites is 2. The summed E-state index contributed by atoms with van der Waals surface area (Å²) in [7, 11) is 1.46. The summed E-state index contributed by atoms with van der Waals surface area (Å²) in [6.07, 6.45) is 0. The number of ether oxygens (including phenoxy) is 1. The van der Waals surface area contributed by atoms with Crippen molar-refractivity contribution in [2.75, 3.05) is 18.2 Å². The van der Waals surface area contributed by atoms with Crippen molar-refractivity contribution in [1.82, 2.24) is 29.7 Å². The Labute approximate surface area is 209 Å². The zero-order valence-electron chi connectivity index (χ0n) is 18.0. The molecular weight excluding hydrogens is 538 g/mol. The first-order valence-electron chi connectivity index (χ1n) is 10.2. The molecule has 5 aromatic rings. The monoisotopic (exact) mass is 553 g/mol. The van der Waals surface area contributed by atoms with E-state index in [9.17, 15) is 14.4 Å². The second kappa shape index (κ2) is 9.35. The first-order valence-corrected chi connectivity index (χ1v) is 11.9. The Kier molecular flexibility index (Phi) is 6.09. The number of thioether (sulfide) groups is 1. The van der Waals surface area contributed by atoms with Gasteiger partial charge < -0.3 is 15.0 Å². The largest absolute Gasteiger partial charge is 0.495 e. The average molecular weight is 554 g/mol. The van der Waals surface area contributed by atoms with Crippen molar-refractivity contribution in [2.45, 2.75) is 5.16 Å². The highest BCUT2D eigenvalue weighted by atomic mass is 79.9. The fourth-order valence-electron chi connectivity index (χ4n) is 3.54. The number of fused-ring (bicyclic) bond motifs is 3. The fourth-order valence-corrected chi connectivity index (χ4v) is 4.49. The number of hydrogen-bond donors (Lipinski definition) is 3. The van der Waals surface area contributed by atoms with Gasteiger partial charge in [0.05, 0.1) is 18.6 Å². The van der Waals surface area contributed by atoms with Crippen LogP contribution >= 0.6 is 27.7 Å². The maximum Gasteiger partial charge on any atom is 0.334 e. The molecule has 0 aliphatic carbocycles. The molecule has 0 fully saturated rings. The molecule has 3 aromatic heterocycles. The first-order chi connectivity index (χ1) is 16.9. The van der Waals surface area contributed by atoms with E-state index in [0.29, 0.717) is 27.8 Å². The van der Waals surface area contributed by atoms with Crippen LogP contribution in [0.1, 0.15) is 0 Å². The van der Waals surface area contributed by atoms with Crippen LogP contribution in [0.25, 0.3) is 27.8 Å². The first kappa shape index (κ1) is 22.8. The third kappa shape index (κ3) is 4.55. The number of amides is 1. The van der Waals surface area contributed by atoms with Gasteiger partial charge in [-0.05, 0) is 30.3 Å². The highest BCUT2D eigenvalue weighted by Crippen LogP contribution is 2.27. The van der Waals surface area contributed by atoms with E-state index in [1.165, 1.54) is 7.11 Å². The predicted octanol–water partition coefficient (Wildman–Crippen LogP) is 2.85. The van der Waals surface area contributed by atoms with E-state index < -0.39 is 17.2 Å². The lowest BCUT2D eigenvalue weighted by Crippen LogP contribution is -2.32. The van der Waals surface area contributed by atoms with Crippen molar-refractivity contribution in [1.29, 1.82) is 0 Å². The molecule has 0 atom stereocenters. The molecule has 0 bridgehead atoms. The average Bonchev–Trinajstić information content (AvgIpc) is 3.19. The highest BCUT2D eigenvalue weighted by molar-refractivity contribution is 9.10. The molecule has 0 aliphatic rings. The number of halogens is 1. The summed E-state index contributed by atoms with van der Waals surface area (Å²) in [5.74, 6) is -0.145. The van der Waals surface area contributed by atoms with E-state index in [4.69, 9.17) is 4.74 Å². The molecule has 0 unspecified atom stereocenters. The van der Waals surface area contributed by atoms with Crippen LogP contribution in [0.4, 0.5) is 5.82 Å². The molecule has 13 heteroatoms. The van der Waals surface area contributed by atoms with Gasteiger partial charge in [0.1, 0.15) is 17.1 Å². The molecule has 0 saturated heterocycles. The quantitative estimate of drug-likeness (QED) is 0.272. The minimum atomic E-state index is -0.714. The van der Waals surface area contributed by atoms with Crippen molar-refractivity contribution >= 4 is 61.5 Å². The van der Waals surface area contributed by atoms with Crippen molar-refractivity contribution in [3.05, 3.63) is 73.8 Å². The molecule has 1 amide bonds.